The molecule has 0 bridgehead atoms. The van der Waals surface area contributed by atoms with Gasteiger partial charge in [-0.05, 0) is 43.3 Å². The molecule has 2 nitrogen and oxygen atoms in total. The van der Waals surface area contributed by atoms with Gasteiger partial charge in [-0.1, -0.05) is 63.4 Å². The van der Waals surface area contributed by atoms with Crippen LogP contribution < -0.4 is 10.1 Å². The lowest BCUT2D eigenvalue weighted by atomic mass is 10.1. The van der Waals surface area contributed by atoms with Crippen LogP contribution in [0.1, 0.15) is 16.7 Å². The number of nitrogens with one attached hydrogen (secondary N) is 1. The normalized spacial score (nSPS) is 10.5. The molecular weight excluding hydrogens is 398 g/mol. The van der Waals surface area contributed by atoms with Crippen molar-refractivity contribution < 1.29 is 4.74 Å². The molecule has 0 amide bonds. The molecule has 3 rings (SSSR count). The smallest absolute Gasteiger partial charge is 0.124 e. The van der Waals surface area contributed by atoms with Crippen LogP contribution in [0.3, 0.4) is 0 Å². The van der Waals surface area contributed by atoms with E-state index >= 15 is 0 Å². The SMILES string of the molecule is Cc1ccc(NCc2cc(Br)ccc2OCc2ccccc2Cl)cc1. The van der Waals surface area contributed by atoms with E-state index in [0.717, 1.165) is 32.1 Å². The molecule has 3 aromatic rings. The van der Waals surface area contributed by atoms with E-state index in [2.05, 4.69) is 58.5 Å². The average molecular weight is 417 g/mol. The van der Waals surface area contributed by atoms with E-state index in [-0.39, 0.29) is 0 Å². The summed E-state index contributed by atoms with van der Waals surface area (Å²) in [6, 6.07) is 22.1. The van der Waals surface area contributed by atoms with Crippen LogP contribution >= 0.6 is 27.5 Å². The van der Waals surface area contributed by atoms with Gasteiger partial charge in [-0.15, -0.1) is 0 Å². The van der Waals surface area contributed by atoms with Gasteiger partial charge in [0, 0.05) is 32.9 Å². The summed E-state index contributed by atoms with van der Waals surface area (Å²) in [5, 5.41) is 4.16. The number of hydrogen-bond donors (Lipinski definition) is 1. The maximum absolute atomic E-state index is 6.21. The Bertz CT molecular complexity index is 849. The molecule has 0 aromatic heterocycles. The van der Waals surface area contributed by atoms with Gasteiger partial charge < -0.3 is 10.1 Å². The Morgan fingerprint density at radius 2 is 1.72 bits per heavy atom. The Morgan fingerprint density at radius 1 is 0.960 bits per heavy atom. The first-order valence-corrected chi connectivity index (χ1v) is 9.24. The number of anilines is 1. The Hall–Kier alpha value is -1.97. The molecular formula is C21H19BrClNO. The first-order chi connectivity index (χ1) is 12.1. The first-order valence-electron chi connectivity index (χ1n) is 8.07. The minimum Gasteiger partial charge on any atom is -0.488 e. The van der Waals surface area contributed by atoms with Gasteiger partial charge in [-0.2, -0.15) is 0 Å². The molecule has 0 aliphatic heterocycles. The quantitative estimate of drug-likeness (QED) is 0.488. The zero-order valence-electron chi connectivity index (χ0n) is 13.9. The summed E-state index contributed by atoms with van der Waals surface area (Å²) in [5.74, 6) is 0.850. The largest absolute Gasteiger partial charge is 0.488 e. The van der Waals surface area contributed by atoms with Gasteiger partial charge in [0.25, 0.3) is 0 Å². The lowest BCUT2D eigenvalue weighted by Gasteiger charge is -2.14. The third-order valence-electron chi connectivity index (χ3n) is 3.90. The monoisotopic (exact) mass is 415 g/mol. The van der Waals surface area contributed by atoms with E-state index < -0.39 is 0 Å². The zero-order valence-corrected chi connectivity index (χ0v) is 16.3. The van der Waals surface area contributed by atoms with Crippen LogP contribution in [-0.4, -0.2) is 0 Å². The van der Waals surface area contributed by atoms with Gasteiger partial charge in [0.2, 0.25) is 0 Å². The number of ether oxygens (including phenoxy) is 1. The first kappa shape index (κ1) is 17.8. The van der Waals surface area contributed by atoms with Crippen molar-refractivity contribution in [1.29, 1.82) is 0 Å². The van der Waals surface area contributed by atoms with Gasteiger partial charge in [0.15, 0.2) is 0 Å². The average Bonchev–Trinajstić information content (AvgIpc) is 2.62. The van der Waals surface area contributed by atoms with E-state index in [9.17, 15) is 0 Å². The van der Waals surface area contributed by atoms with Crippen molar-refractivity contribution in [1.82, 2.24) is 0 Å². The highest BCUT2D eigenvalue weighted by atomic mass is 79.9. The van der Waals surface area contributed by atoms with E-state index in [1.165, 1.54) is 5.56 Å². The summed E-state index contributed by atoms with van der Waals surface area (Å²) in [5.41, 5.74) is 4.39. The van der Waals surface area contributed by atoms with E-state index in [4.69, 9.17) is 16.3 Å². The van der Waals surface area contributed by atoms with E-state index in [1.54, 1.807) is 0 Å². The fourth-order valence-corrected chi connectivity index (χ4v) is 3.07. The summed E-state index contributed by atoms with van der Waals surface area (Å²) >= 11 is 9.74. The molecule has 0 aliphatic carbocycles. The molecule has 0 heterocycles. The second-order valence-electron chi connectivity index (χ2n) is 5.85. The maximum Gasteiger partial charge on any atom is 0.124 e. The zero-order chi connectivity index (χ0) is 17.6. The Morgan fingerprint density at radius 3 is 2.48 bits per heavy atom. The predicted molar refractivity (Wildman–Crippen MR) is 108 cm³/mol. The summed E-state index contributed by atoms with van der Waals surface area (Å²) in [7, 11) is 0. The molecule has 0 spiro atoms. The second-order valence-corrected chi connectivity index (χ2v) is 7.17. The third kappa shape index (κ3) is 5.00. The molecule has 0 fully saturated rings. The maximum atomic E-state index is 6.21. The molecule has 0 unspecified atom stereocenters. The summed E-state index contributed by atoms with van der Waals surface area (Å²) in [4.78, 5) is 0. The second kappa shape index (κ2) is 8.41. The molecule has 3 aromatic carbocycles. The van der Waals surface area contributed by atoms with Crippen LogP contribution in [0.4, 0.5) is 5.69 Å². The predicted octanol–water partition coefficient (Wildman–Crippen LogP) is 6.60. The van der Waals surface area contributed by atoms with Gasteiger partial charge >= 0.3 is 0 Å². The molecule has 0 saturated carbocycles. The fraction of sp³-hybridized carbons (Fsp3) is 0.143. The van der Waals surface area contributed by atoms with Crippen LogP contribution in [0, 0.1) is 6.92 Å². The topological polar surface area (TPSA) is 21.3 Å². The number of benzene rings is 3. The van der Waals surface area contributed by atoms with Gasteiger partial charge in [0.05, 0.1) is 0 Å². The number of halogens is 2. The van der Waals surface area contributed by atoms with Crippen molar-refractivity contribution in [3.8, 4) is 5.75 Å². The van der Waals surface area contributed by atoms with Crippen molar-refractivity contribution >= 4 is 33.2 Å². The van der Waals surface area contributed by atoms with Crippen molar-refractivity contribution in [2.24, 2.45) is 0 Å². The standard InChI is InChI=1S/C21H19BrClNO/c1-15-6-9-19(10-7-15)24-13-17-12-18(22)8-11-21(17)25-14-16-4-2-3-5-20(16)23/h2-12,24H,13-14H2,1H3. The summed E-state index contributed by atoms with van der Waals surface area (Å²) in [6.45, 7) is 3.21. The van der Waals surface area contributed by atoms with Crippen molar-refractivity contribution in [3.63, 3.8) is 0 Å². The van der Waals surface area contributed by atoms with E-state index in [1.807, 2.05) is 36.4 Å². The molecule has 0 aliphatic rings. The molecule has 128 valence electrons. The van der Waals surface area contributed by atoms with Crippen LogP contribution in [0.25, 0.3) is 0 Å². The highest BCUT2D eigenvalue weighted by molar-refractivity contribution is 9.10. The van der Waals surface area contributed by atoms with Gasteiger partial charge in [-0.3, -0.25) is 0 Å². The third-order valence-corrected chi connectivity index (χ3v) is 4.76. The van der Waals surface area contributed by atoms with Crippen LogP contribution in [0.2, 0.25) is 5.02 Å². The Balaban J connectivity index is 1.71. The number of hydrogen-bond acceptors (Lipinski definition) is 2. The van der Waals surface area contributed by atoms with Crippen molar-refractivity contribution in [2.45, 2.75) is 20.1 Å². The molecule has 1 N–H and O–H groups in total. The number of rotatable bonds is 6. The lowest BCUT2D eigenvalue weighted by Crippen LogP contribution is -2.04. The Labute approximate surface area is 161 Å². The van der Waals surface area contributed by atoms with Gasteiger partial charge in [0.1, 0.15) is 12.4 Å². The summed E-state index contributed by atoms with van der Waals surface area (Å²) in [6.07, 6.45) is 0. The minimum absolute atomic E-state index is 0.443. The molecule has 0 saturated heterocycles. The van der Waals surface area contributed by atoms with Crippen molar-refractivity contribution in [2.75, 3.05) is 5.32 Å². The fourth-order valence-electron chi connectivity index (χ4n) is 2.47. The molecule has 25 heavy (non-hydrogen) atoms. The van der Waals surface area contributed by atoms with Crippen LogP contribution in [0.15, 0.2) is 71.2 Å². The molecule has 0 atom stereocenters. The minimum atomic E-state index is 0.443. The number of aryl methyl sites for hydroxylation is 1. The van der Waals surface area contributed by atoms with Crippen LogP contribution in [-0.2, 0) is 13.2 Å². The molecule has 0 radical (unpaired) electrons. The summed E-state index contributed by atoms with van der Waals surface area (Å²) < 4.78 is 7.05. The highest BCUT2D eigenvalue weighted by Crippen LogP contribution is 2.26. The van der Waals surface area contributed by atoms with Crippen LogP contribution in [0.5, 0.6) is 5.75 Å². The lowest BCUT2D eigenvalue weighted by molar-refractivity contribution is 0.303. The van der Waals surface area contributed by atoms with E-state index in [0.29, 0.717) is 13.2 Å². The molecule has 4 heteroatoms. The highest BCUT2D eigenvalue weighted by Gasteiger charge is 2.07. The van der Waals surface area contributed by atoms with Gasteiger partial charge in [-0.25, -0.2) is 0 Å². The van der Waals surface area contributed by atoms with Crippen molar-refractivity contribution in [3.05, 3.63) is 92.9 Å². The Kier molecular flexibility index (Phi) is 6.00.